The molecule has 1 N–H and O–H groups in total. The smallest absolute Gasteiger partial charge is 0.0830 e. The van der Waals surface area contributed by atoms with E-state index in [0.717, 1.165) is 15.6 Å². The summed E-state index contributed by atoms with van der Waals surface area (Å²) in [6.07, 6.45) is 0.185. The quantitative estimate of drug-likeness (QED) is 0.820. The van der Waals surface area contributed by atoms with Gasteiger partial charge in [0.1, 0.15) is 0 Å². The number of halogens is 1. The minimum Gasteiger partial charge on any atom is -0.388 e. The van der Waals surface area contributed by atoms with E-state index in [0.29, 0.717) is 12.3 Å². The Morgan fingerprint density at radius 2 is 1.65 bits per heavy atom. The van der Waals surface area contributed by atoms with Crippen molar-refractivity contribution in [1.29, 1.82) is 0 Å². The molecule has 0 aliphatic carbocycles. The predicted molar refractivity (Wildman–Crippen MR) is 88.1 cm³/mol. The normalized spacial score (nSPS) is 12.7. The highest BCUT2D eigenvalue weighted by atomic mass is 79.9. The molecule has 0 spiro atoms. The summed E-state index contributed by atoms with van der Waals surface area (Å²) in [5, 5.41) is 10.4. The first-order valence-corrected chi connectivity index (χ1v) is 7.79. The lowest BCUT2D eigenvalue weighted by atomic mass is 9.97. The summed E-state index contributed by atoms with van der Waals surface area (Å²) in [4.78, 5) is 0. The summed E-state index contributed by atoms with van der Waals surface area (Å²) in [5.41, 5.74) is 4.62. The molecule has 0 fully saturated rings. The van der Waals surface area contributed by atoms with Crippen LogP contribution in [-0.4, -0.2) is 5.11 Å². The van der Waals surface area contributed by atoms with Crippen LogP contribution in [0, 0.1) is 6.92 Å². The number of aliphatic hydroxyl groups is 1. The summed E-state index contributed by atoms with van der Waals surface area (Å²) in [5.74, 6) is 0.543. The second-order valence-corrected chi connectivity index (χ2v) is 6.59. The zero-order valence-corrected chi connectivity index (χ0v) is 13.8. The fraction of sp³-hybridized carbons (Fsp3) is 0.333. The van der Waals surface area contributed by atoms with Gasteiger partial charge in [0.25, 0.3) is 0 Å². The van der Waals surface area contributed by atoms with Crippen molar-refractivity contribution in [3.63, 3.8) is 0 Å². The maximum absolute atomic E-state index is 10.4. The molecule has 20 heavy (non-hydrogen) atoms. The average molecular weight is 333 g/mol. The highest BCUT2D eigenvalue weighted by molar-refractivity contribution is 9.10. The molecule has 0 saturated carbocycles. The van der Waals surface area contributed by atoms with E-state index >= 15 is 0 Å². The number of aryl methyl sites for hydroxylation is 1. The third-order valence-electron chi connectivity index (χ3n) is 3.52. The van der Waals surface area contributed by atoms with Gasteiger partial charge in [0.05, 0.1) is 6.10 Å². The molecular weight excluding hydrogens is 312 g/mol. The molecule has 0 amide bonds. The largest absolute Gasteiger partial charge is 0.388 e. The minimum atomic E-state index is -0.462. The van der Waals surface area contributed by atoms with E-state index in [4.69, 9.17) is 0 Å². The van der Waals surface area contributed by atoms with Gasteiger partial charge < -0.3 is 5.11 Å². The van der Waals surface area contributed by atoms with Crippen LogP contribution in [0.1, 0.15) is 48.1 Å². The molecule has 0 heterocycles. The number of rotatable bonds is 4. The Hall–Kier alpha value is -1.12. The predicted octanol–water partition coefficient (Wildman–Crippen LogP) is 5.16. The van der Waals surface area contributed by atoms with Crippen LogP contribution in [0.25, 0.3) is 0 Å². The van der Waals surface area contributed by atoms with E-state index in [9.17, 15) is 5.11 Å². The third kappa shape index (κ3) is 3.94. The second kappa shape index (κ2) is 6.55. The number of hydrogen-bond acceptors (Lipinski definition) is 1. The molecule has 1 unspecified atom stereocenters. The maximum Gasteiger partial charge on any atom is 0.0830 e. The lowest BCUT2D eigenvalue weighted by Gasteiger charge is -2.13. The Morgan fingerprint density at radius 3 is 2.20 bits per heavy atom. The molecule has 0 aliphatic rings. The zero-order valence-electron chi connectivity index (χ0n) is 12.2. The first-order valence-electron chi connectivity index (χ1n) is 6.99. The average Bonchev–Trinajstić information content (AvgIpc) is 2.38. The van der Waals surface area contributed by atoms with Crippen LogP contribution in [0.2, 0.25) is 0 Å². The lowest BCUT2D eigenvalue weighted by molar-refractivity contribution is 0.178. The fourth-order valence-electron chi connectivity index (χ4n) is 2.34. The van der Waals surface area contributed by atoms with Gasteiger partial charge in [0.15, 0.2) is 0 Å². The molecule has 0 saturated heterocycles. The summed E-state index contributed by atoms with van der Waals surface area (Å²) >= 11 is 3.48. The molecule has 2 aromatic carbocycles. The first kappa shape index (κ1) is 15.3. The molecule has 106 valence electrons. The van der Waals surface area contributed by atoms with Crippen molar-refractivity contribution in [2.75, 3.05) is 0 Å². The van der Waals surface area contributed by atoms with Gasteiger partial charge in [0.2, 0.25) is 0 Å². The maximum atomic E-state index is 10.4. The van der Waals surface area contributed by atoms with Gasteiger partial charge in [-0.3, -0.25) is 0 Å². The van der Waals surface area contributed by atoms with Crippen LogP contribution >= 0.6 is 15.9 Å². The SMILES string of the molecule is Cc1cc(Br)cc(C(O)Cc2ccc(C(C)C)cc2)c1. The first-order chi connectivity index (χ1) is 9.45. The molecule has 2 aromatic rings. The zero-order chi connectivity index (χ0) is 14.7. The van der Waals surface area contributed by atoms with E-state index in [2.05, 4.69) is 54.0 Å². The van der Waals surface area contributed by atoms with Crippen molar-refractivity contribution in [2.24, 2.45) is 0 Å². The van der Waals surface area contributed by atoms with E-state index in [-0.39, 0.29) is 0 Å². The van der Waals surface area contributed by atoms with Crippen molar-refractivity contribution in [1.82, 2.24) is 0 Å². The molecule has 0 aromatic heterocycles. The van der Waals surface area contributed by atoms with Crippen LogP contribution in [-0.2, 0) is 6.42 Å². The lowest BCUT2D eigenvalue weighted by Crippen LogP contribution is -2.02. The van der Waals surface area contributed by atoms with Crippen LogP contribution in [0.3, 0.4) is 0 Å². The van der Waals surface area contributed by atoms with Gasteiger partial charge in [-0.1, -0.05) is 60.1 Å². The van der Waals surface area contributed by atoms with Gasteiger partial charge in [-0.25, -0.2) is 0 Å². The summed E-state index contributed by atoms with van der Waals surface area (Å²) in [7, 11) is 0. The molecule has 0 radical (unpaired) electrons. The van der Waals surface area contributed by atoms with Crippen LogP contribution in [0.5, 0.6) is 0 Å². The summed E-state index contributed by atoms with van der Waals surface area (Å²) in [6.45, 7) is 6.42. The Morgan fingerprint density at radius 1 is 1.00 bits per heavy atom. The topological polar surface area (TPSA) is 20.2 Å². The third-order valence-corrected chi connectivity index (χ3v) is 3.98. The summed E-state index contributed by atoms with van der Waals surface area (Å²) in [6, 6.07) is 14.6. The van der Waals surface area contributed by atoms with E-state index in [1.807, 2.05) is 25.1 Å². The highest BCUT2D eigenvalue weighted by Gasteiger charge is 2.10. The number of benzene rings is 2. The molecule has 0 bridgehead atoms. The van der Waals surface area contributed by atoms with Gasteiger partial charge in [0, 0.05) is 10.9 Å². The van der Waals surface area contributed by atoms with Crippen molar-refractivity contribution in [2.45, 2.75) is 39.2 Å². The Labute approximate surface area is 129 Å². The van der Waals surface area contributed by atoms with Gasteiger partial charge in [-0.15, -0.1) is 0 Å². The molecule has 2 heteroatoms. The van der Waals surface area contributed by atoms with Crippen LogP contribution < -0.4 is 0 Å². The molecule has 2 rings (SSSR count). The van der Waals surface area contributed by atoms with Crippen molar-refractivity contribution < 1.29 is 5.11 Å². The molecule has 0 aliphatic heterocycles. The van der Waals surface area contributed by atoms with Gasteiger partial charge >= 0.3 is 0 Å². The van der Waals surface area contributed by atoms with Crippen molar-refractivity contribution >= 4 is 15.9 Å². The van der Waals surface area contributed by atoms with Crippen LogP contribution in [0.4, 0.5) is 0 Å². The second-order valence-electron chi connectivity index (χ2n) is 5.68. The molecule has 1 nitrogen and oxygen atoms in total. The molecular formula is C18H21BrO. The van der Waals surface area contributed by atoms with Crippen LogP contribution in [0.15, 0.2) is 46.9 Å². The van der Waals surface area contributed by atoms with Gasteiger partial charge in [-0.2, -0.15) is 0 Å². The van der Waals surface area contributed by atoms with Crippen molar-refractivity contribution in [3.8, 4) is 0 Å². The summed E-state index contributed by atoms with van der Waals surface area (Å²) < 4.78 is 1.02. The van der Waals surface area contributed by atoms with Crippen molar-refractivity contribution in [3.05, 3.63) is 69.2 Å². The Balaban J connectivity index is 2.12. The monoisotopic (exact) mass is 332 g/mol. The fourth-order valence-corrected chi connectivity index (χ4v) is 2.96. The Kier molecular flexibility index (Phi) is 5.00. The number of hydrogen-bond donors (Lipinski definition) is 1. The minimum absolute atomic E-state index is 0.462. The highest BCUT2D eigenvalue weighted by Crippen LogP contribution is 2.24. The van der Waals surface area contributed by atoms with E-state index in [1.54, 1.807) is 0 Å². The Bertz CT molecular complexity index is 552. The molecule has 1 atom stereocenters. The van der Waals surface area contributed by atoms with Gasteiger partial charge in [-0.05, 0) is 47.2 Å². The van der Waals surface area contributed by atoms with E-state index < -0.39 is 6.10 Å². The number of aliphatic hydroxyl groups excluding tert-OH is 1. The van der Waals surface area contributed by atoms with E-state index in [1.165, 1.54) is 11.1 Å². The standard InChI is InChI=1S/C18H21BrO/c1-12(2)15-6-4-14(5-7-15)10-18(20)16-8-13(3)9-17(19)11-16/h4-9,11-12,18,20H,10H2,1-3H3.